The van der Waals surface area contributed by atoms with Gasteiger partial charge in [0.1, 0.15) is 0 Å². The molecular weight excluding hydrogens is 116 g/mol. The number of likely N-dealkylation sites (N-methyl/N-ethyl adjacent to an activating group) is 1. The number of ether oxygens (including phenoxy) is 1. The zero-order valence-electron chi connectivity index (χ0n) is 5.92. The standard InChI is InChI=1S/C6H12N2O/c1-8(4-3-7)5-6-9-2/h4-6H2,1-2H3. The maximum absolute atomic E-state index is 8.20. The van der Waals surface area contributed by atoms with Crippen LogP contribution < -0.4 is 0 Å². The molecule has 0 fully saturated rings. The first-order chi connectivity index (χ1) is 4.31. The molecule has 0 atom stereocenters. The van der Waals surface area contributed by atoms with Gasteiger partial charge in [-0.1, -0.05) is 0 Å². The smallest absolute Gasteiger partial charge is 0.0864 e. The Balaban J connectivity index is 3.08. The Kier molecular flexibility index (Phi) is 5.18. The van der Waals surface area contributed by atoms with Gasteiger partial charge < -0.3 is 4.74 Å². The summed E-state index contributed by atoms with van der Waals surface area (Å²) in [6, 6.07) is 2.05. The molecule has 0 spiro atoms. The minimum absolute atomic E-state index is 0.476. The van der Waals surface area contributed by atoms with Crippen molar-refractivity contribution in [2.75, 3.05) is 33.9 Å². The Morgan fingerprint density at radius 1 is 1.67 bits per heavy atom. The molecule has 0 saturated carbocycles. The van der Waals surface area contributed by atoms with Crippen LogP contribution in [0.4, 0.5) is 0 Å². The highest BCUT2D eigenvalue weighted by atomic mass is 16.5. The van der Waals surface area contributed by atoms with Gasteiger partial charge in [0.15, 0.2) is 0 Å². The van der Waals surface area contributed by atoms with Crippen LogP contribution in [0.15, 0.2) is 0 Å². The first-order valence-corrected chi connectivity index (χ1v) is 2.85. The van der Waals surface area contributed by atoms with E-state index in [1.54, 1.807) is 7.11 Å². The lowest BCUT2D eigenvalue weighted by molar-refractivity contribution is 0.167. The van der Waals surface area contributed by atoms with Gasteiger partial charge in [-0.25, -0.2) is 0 Å². The summed E-state index contributed by atoms with van der Waals surface area (Å²) in [5.41, 5.74) is 0. The van der Waals surface area contributed by atoms with Crippen LogP contribution in [-0.2, 0) is 4.74 Å². The van der Waals surface area contributed by atoms with E-state index < -0.39 is 0 Å². The van der Waals surface area contributed by atoms with E-state index in [2.05, 4.69) is 0 Å². The average molecular weight is 128 g/mol. The number of nitriles is 1. The average Bonchev–Trinajstić information content (AvgIpc) is 1.85. The van der Waals surface area contributed by atoms with E-state index in [-0.39, 0.29) is 0 Å². The fourth-order valence-electron chi connectivity index (χ4n) is 0.447. The molecule has 0 aromatic carbocycles. The van der Waals surface area contributed by atoms with Crippen molar-refractivity contribution >= 4 is 0 Å². The van der Waals surface area contributed by atoms with Crippen molar-refractivity contribution in [3.8, 4) is 6.07 Å². The zero-order valence-corrected chi connectivity index (χ0v) is 5.92. The molecule has 3 nitrogen and oxygen atoms in total. The lowest BCUT2D eigenvalue weighted by Gasteiger charge is -2.09. The molecule has 3 heteroatoms. The number of hydrogen-bond donors (Lipinski definition) is 0. The summed E-state index contributed by atoms with van der Waals surface area (Å²) in [5, 5.41) is 8.20. The number of methoxy groups -OCH3 is 1. The molecule has 52 valence electrons. The number of rotatable bonds is 4. The third kappa shape index (κ3) is 5.28. The van der Waals surface area contributed by atoms with Crippen molar-refractivity contribution in [1.29, 1.82) is 5.26 Å². The van der Waals surface area contributed by atoms with E-state index in [4.69, 9.17) is 10.00 Å². The molecule has 0 aromatic heterocycles. The van der Waals surface area contributed by atoms with Gasteiger partial charge in [-0.05, 0) is 7.05 Å². The molecule has 0 aliphatic heterocycles. The predicted molar refractivity (Wildman–Crippen MR) is 35.0 cm³/mol. The Morgan fingerprint density at radius 3 is 2.78 bits per heavy atom. The molecule has 0 heterocycles. The Hall–Kier alpha value is -0.590. The number of hydrogen-bond acceptors (Lipinski definition) is 3. The van der Waals surface area contributed by atoms with Gasteiger partial charge >= 0.3 is 0 Å². The Bertz CT molecular complexity index is 97.7. The highest BCUT2D eigenvalue weighted by Gasteiger charge is 1.92. The summed E-state index contributed by atoms with van der Waals surface area (Å²) in [6.07, 6.45) is 0. The highest BCUT2D eigenvalue weighted by Crippen LogP contribution is 1.78. The van der Waals surface area contributed by atoms with Crippen molar-refractivity contribution in [3.63, 3.8) is 0 Å². The zero-order chi connectivity index (χ0) is 7.11. The van der Waals surface area contributed by atoms with Crippen LogP contribution in [0, 0.1) is 11.3 Å². The van der Waals surface area contributed by atoms with Crippen LogP contribution in [-0.4, -0.2) is 38.8 Å². The Morgan fingerprint density at radius 2 is 2.33 bits per heavy atom. The summed E-state index contributed by atoms with van der Waals surface area (Å²) in [6.45, 7) is 1.99. The van der Waals surface area contributed by atoms with E-state index in [9.17, 15) is 0 Å². The van der Waals surface area contributed by atoms with Crippen molar-refractivity contribution in [2.45, 2.75) is 0 Å². The van der Waals surface area contributed by atoms with Crippen molar-refractivity contribution in [3.05, 3.63) is 0 Å². The second-order valence-electron chi connectivity index (χ2n) is 1.89. The lowest BCUT2D eigenvalue weighted by atomic mass is 10.5. The first kappa shape index (κ1) is 8.41. The molecule has 0 rings (SSSR count). The Labute approximate surface area is 55.8 Å². The van der Waals surface area contributed by atoms with Gasteiger partial charge in [0.05, 0.1) is 19.2 Å². The van der Waals surface area contributed by atoms with Gasteiger partial charge in [-0.15, -0.1) is 0 Å². The van der Waals surface area contributed by atoms with Crippen LogP contribution in [0.25, 0.3) is 0 Å². The van der Waals surface area contributed by atoms with Crippen molar-refractivity contribution in [2.24, 2.45) is 0 Å². The molecule has 0 aromatic rings. The minimum Gasteiger partial charge on any atom is -0.383 e. The molecule has 0 unspecified atom stereocenters. The van der Waals surface area contributed by atoms with Crippen LogP contribution in [0.3, 0.4) is 0 Å². The van der Waals surface area contributed by atoms with Crippen LogP contribution in [0.2, 0.25) is 0 Å². The first-order valence-electron chi connectivity index (χ1n) is 2.85. The minimum atomic E-state index is 0.476. The maximum atomic E-state index is 8.20. The molecule has 0 bridgehead atoms. The predicted octanol–water partition coefficient (Wildman–Crippen LogP) is 0.0882. The van der Waals surface area contributed by atoms with Gasteiger partial charge in [-0.3, -0.25) is 4.90 Å². The normalized spacial score (nSPS) is 9.56. The molecule has 0 aliphatic carbocycles. The van der Waals surface area contributed by atoms with Crippen LogP contribution in [0.1, 0.15) is 0 Å². The van der Waals surface area contributed by atoms with Gasteiger partial charge in [0, 0.05) is 13.7 Å². The molecule has 0 N–H and O–H groups in total. The lowest BCUT2D eigenvalue weighted by Crippen LogP contribution is -2.22. The summed E-state index contributed by atoms with van der Waals surface area (Å²) < 4.78 is 4.81. The van der Waals surface area contributed by atoms with Gasteiger partial charge in [-0.2, -0.15) is 5.26 Å². The maximum Gasteiger partial charge on any atom is 0.0864 e. The fraction of sp³-hybridized carbons (Fsp3) is 0.833. The summed E-state index contributed by atoms with van der Waals surface area (Å²) >= 11 is 0. The summed E-state index contributed by atoms with van der Waals surface area (Å²) in [7, 11) is 3.54. The molecular formula is C6H12N2O. The van der Waals surface area contributed by atoms with E-state index in [1.807, 2.05) is 18.0 Å². The quantitative estimate of drug-likeness (QED) is 0.503. The van der Waals surface area contributed by atoms with Crippen LogP contribution in [0.5, 0.6) is 0 Å². The van der Waals surface area contributed by atoms with Crippen LogP contribution >= 0.6 is 0 Å². The molecule has 0 saturated heterocycles. The second kappa shape index (κ2) is 5.54. The second-order valence-corrected chi connectivity index (χ2v) is 1.89. The number of nitrogens with zero attached hydrogens (tertiary/aromatic N) is 2. The molecule has 0 aliphatic rings. The largest absolute Gasteiger partial charge is 0.383 e. The van der Waals surface area contributed by atoms with E-state index in [0.717, 1.165) is 6.54 Å². The molecule has 0 amide bonds. The van der Waals surface area contributed by atoms with Crippen molar-refractivity contribution < 1.29 is 4.74 Å². The van der Waals surface area contributed by atoms with E-state index >= 15 is 0 Å². The van der Waals surface area contributed by atoms with Gasteiger partial charge in [0.2, 0.25) is 0 Å². The topological polar surface area (TPSA) is 36.3 Å². The van der Waals surface area contributed by atoms with E-state index in [0.29, 0.717) is 13.2 Å². The van der Waals surface area contributed by atoms with Crippen molar-refractivity contribution in [1.82, 2.24) is 4.90 Å². The highest BCUT2D eigenvalue weighted by molar-refractivity contribution is 4.73. The SMILES string of the molecule is COCCN(C)CC#N. The fourth-order valence-corrected chi connectivity index (χ4v) is 0.447. The van der Waals surface area contributed by atoms with E-state index in [1.165, 1.54) is 0 Å². The summed E-state index contributed by atoms with van der Waals surface area (Å²) in [4.78, 5) is 1.91. The monoisotopic (exact) mass is 128 g/mol. The molecule has 0 radical (unpaired) electrons. The molecule has 9 heavy (non-hydrogen) atoms. The summed E-state index contributed by atoms with van der Waals surface area (Å²) in [5.74, 6) is 0. The van der Waals surface area contributed by atoms with Gasteiger partial charge in [0.25, 0.3) is 0 Å². The third-order valence-corrected chi connectivity index (χ3v) is 1.02. The third-order valence-electron chi connectivity index (χ3n) is 1.02.